The number of ketones is 1. The molecule has 2 aromatic carbocycles. The third kappa shape index (κ3) is 2.66. The van der Waals surface area contributed by atoms with Crippen molar-refractivity contribution in [2.75, 3.05) is 19.0 Å². The molecule has 0 unspecified atom stereocenters. The summed E-state index contributed by atoms with van der Waals surface area (Å²) in [6, 6.07) is 13.0. The second-order valence-electron chi connectivity index (χ2n) is 4.55. The third-order valence-electron chi connectivity index (χ3n) is 2.95. The number of nitrogens with zero attached hydrogens (tertiary/aromatic N) is 2. The van der Waals surface area contributed by atoms with Crippen LogP contribution in [0.2, 0.25) is 0 Å². The van der Waals surface area contributed by atoms with Crippen LogP contribution in [0.3, 0.4) is 0 Å². The molecule has 102 valence electrons. The van der Waals surface area contributed by atoms with Gasteiger partial charge in [0.1, 0.15) is 0 Å². The highest BCUT2D eigenvalue weighted by Crippen LogP contribution is 2.23. The maximum atomic E-state index is 12.5. The summed E-state index contributed by atoms with van der Waals surface area (Å²) in [5.74, 6) is -0.224. The molecule has 0 N–H and O–H groups in total. The molecule has 0 atom stereocenters. The predicted molar refractivity (Wildman–Crippen MR) is 77.3 cm³/mol. The Balaban J connectivity index is 2.47. The summed E-state index contributed by atoms with van der Waals surface area (Å²) in [5, 5.41) is 10.8. The van der Waals surface area contributed by atoms with Gasteiger partial charge in [0.2, 0.25) is 0 Å². The SMILES string of the molecule is CN(C)c1ccccc1C(=O)c1cccc([N+](=O)[O-])c1. The van der Waals surface area contributed by atoms with E-state index in [-0.39, 0.29) is 11.5 Å². The van der Waals surface area contributed by atoms with Crippen LogP contribution in [0.5, 0.6) is 0 Å². The number of anilines is 1. The molecule has 5 nitrogen and oxygen atoms in total. The summed E-state index contributed by atoms with van der Waals surface area (Å²) in [6.45, 7) is 0. The number of hydrogen-bond donors (Lipinski definition) is 0. The summed E-state index contributed by atoms with van der Waals surface area (Å²) in [4.78, 5) is 24.6. The maximum Gasteiger partial charge on any atom is 0.270 e. The highest BCUT2D eigenvalue weighted by molar-refractivity contribution is 6.12. The van der Waals surface area contributed by atoms with E-state index in [1.54, 1.807) is 18.2 Å². The number of rotatable bonds is 4. The van der Waals surface area contributed by atoms with E-state index < -0.39 is 4.92 Å². The second-order valence-corrected chi connectivity index (χ2v) is 4.55. The fourth-order valence-electron chi connectivity index (χ4n) is 1.97. The number of benzene rings is 2. The molecule has 0 aliphatic heterocycles. The smallest absolute Gasteiger partial charge is 0.270 e. The van der Waals surface area contributed by atoms with Crippen molar-refractivity contribution < 1.29 is 9.72 Å². The van der Waals surface area contributed by atoms with Crippen LogP contribution in [0.25, 0.3) is 0 Å². The third-order valence-corrected chi connectivity index (χ3v) is 2.95. The van der Waals surface area contributed by atoms with Crippen molar-refractivity contribution in [2.24, 2.45) is 0 Å². The monoisotopic (exact) mass is 270 g/mol. The van der Waals surface area contributed by atoms with Crippen molar-refractivity contribution >= 4 is 17.2 Å². The molecule has 2 aromatic rings. The topological polar surface area (TPSA) is 63.5 Å². The number of para-hydroxylation sites is 1. The molecule has 2 rings (SSSR count). The van der Waals surface area contributed by atoms with Crippen LogP contribution in [0, 0.1) is 10.1 Å². The van der Waals surface area contributed by atoms with Gasteiger partial charge in [-0.25, -0.2) is 0 Å². The minimum Gasteiger partial charge on any atom is -0.377 e. The number of non-ortho nitro benzene ring substituents is 1. The van der Waals surface area contributed by atoms with Gasteiger partial charge in [-0.05, 0) is 12.1 Å². The van der Waals surface area contributed by atoms with Gasteiger partial charge < -0.3 is 4.90 Å². The zero-order valence-corrected chi connectivity index (χ0v) is 11.2. The molecule has 0 aromatic heterocycles. The van der Waals surface area contributed by atoms with Gasteiger partial charge in [-0.15, -0.1) is 0 Å². The van der Waals surface area contributed by atoms with E-state index in [0.717, 1.165) is 5.69 Å². The van der Waals surface area contributed by atoms with E-state index in [9.17, 15) is 14.9 Å². The van der Waals surface area contributed by atoms with Gasteiger partial charge in [0.05, 0.1) is 4.92 Å². The second kappa shape index (κ2) is 5.52. The van der Waals surface area contributed by atoms with Crippen LogP contribution in [0.1, 0.15) is 15.9 Å². The quantitative estimate of drug-likeness (QED) is 0.487. The molecule has 0 aliphatic carbocycles. The van der Waals surface area contributed by atoms with Gasteiger partial charge in [-0.1, -0.05) is 24.3 Å². The molecular weight excluding hydrogens is 256 g/mol. The van der Waals surface area contributed by atoms with Crippen molar-refractivity contribution in [3.05, 3.63) is 69.8 Å². The molecule has 0 fully saturated rings. The van der Waals surface area contributed by atoms with Crippen molar-refractivity contribution in [1.29, 1.82) is 0 Å². The summed E-state index contributed by atoms with van der Waals surface area (Å²) in [7, 11) is 3.69. The minimum absolute atomic E-state index is 0.0850. The molecule has 5 heteroatoms. The Kier molecular flexibility index (Phi) is 3.79. The van der Waals surface area contributed by atoms with Gasteiger partial charge >= 0.3 is 0 Å². The predicted octanol–water partition coefficient (Wildman–Crippen LogP) is 2.89. The fraction of sp³-hybridized carbons (Fsp3) is 0.133. The Bertz CT molecular complexity index is 666. The lowest BCUT2D eigenvalue weighted by molar-refractivity contribution is -0.384. The van der Waals surface area contributed by atoms with Crippen molar-refractivity contribution in [3.63, 3.8) is 0 Å². The highest BCUT2D eigenvalue weighted by Gasteiger charge is 2.16. The van der Waals surface area contributed by atoms with Gasteiger partial charge in [-0.3, -0.25) is 14.9 Å². The van der Waals surface area contributed by atoms with E-state index in [0.29, 0.717) is 11.1 Å². The van der Waals surface area contributed by atoms with E-state index >= 15 is 0 Å². The fourth-order valence-corrected chi connectivity index (χ4v) is 1.97. The van der Waals surface area contributed by atoms with E-state index in [1.807, 2.05) is 31.1 Å². The number of nitro groups is 1. The molecule has 0 amide bonds. The first-order chi connectivity index (χ1) is 9.50. The molecular formula is C15H14N2O3. The zero-order valence-electron chi connectivity index (χ0n) is 11.2. The van der Waals surface area contributed by atoms with E-state index in [4.69, 9.17) is 0 Å². The maximum absolute atomic E-state index is 12.5. The number of carbonyl (C=O) groups is 1. The Labute approximate surface area is 116 Å². The molecule has 0 heterocycles. The van der Waals surface area contributed by atoms with Crippen LogP contribution in [-0.2, 0) is 0 Å². The first kappa shape index (κ1) is 13.7. The lowest BCUT2D eigenvalue weighted by Crippen LogP contribution is -2.14. The van der Waals surface area contributed by atoms with Gasteiger partial charge in [0.15, 0.2) is 5.78 Å². The van der Waals surface area contributed by atoms with Crippen LogP contribution >= 0.6 is 0 Å². The normalized spacial score (nSPS) is 10.1. The molecule has 0 spiro atoms. The first-order valence-electron chi connectivity index (χ1n) is 6.06. The van der Waals surface area contributed by atoms with Crippen molar-refractivity contribution in [2.45, 2.75) is 0 Å². The zero-order chi connectivity index (χ0) is 14.7. The highest BCUT2D eigenvalue weighted by atomic mass is 16.6. The average molecular weight is 270 g/mol. The Morgan fingerprint density at radius 3 is 2.45 bits per heavy atom. The van der Waals surface area contributed by atoms with Crippen molar-refractivity contribution in [3.8, 4) is 0 Å². The Morgan fingerprint density at radius 1 is 1.10 bits per heavy atom. The number of carbonyl (C=O) groups excluding carboxylic acids is 1. The van der Waals surface area contributed by atoms with E-state index in [2.05, 4.69) is 0 Å². The molecule has 0 bridgehead atoms. The van der Waals surface area contributed by atoms with Crippen LogP contribution in [0.15, 0.2) is 48.5 Å². The minimum atomic E-state index is -0.505. The number of nitro benzene ring substituents is 1. The Hall–Kier alpha value is -2.69. The summed E-state index contributed by atoms with van der Waals surface area (Å²) in [5.41, 5.74) is 1.54. The first-order valence-corrected chi connectivity index (χ1v) is 6.06. The van der Waals surface area contributed by atoms with Crippen molar-refractivity contribution in [1.82, 2.24) is 0 Å². The Morgan fingerprint density at radius 2 is 1.80 bits per heavy atom. The van der Waals surface area contributed by atoms with E-state index in [1.165, 1.54) is 18.2 Å². The molecule has 0 aliphatic rings. The van der Waals surface area contributed by atoms with Gasteiger partial charge in [-0.2, -0.15) is 0 Å². The summed E-state index contributed by atoms with van der Waals surface area (Å²) >= 11 is 0. The van der Waals surface area contributed by atoms with Crippen LogP contribution < -0.4 is 4.90 Å². The van der Waals surface area contributed by atoms with Crippen LogP contribution in [0.4, 0.5) is 11.4 Å². The largest absolute Gasteiger partial charge is 0.377 e. The standard InChI is InChI=1S/C15H14N2O3/c1-16(2)14-9-4-3-8-13(14)15(18)11-6-5-7-12(10-11)17(19)20/h3-10H,1-2H3. The number of hydrogen-bond acceptors (Lipinski definition) is 4. The van der Waals surface area contributed by atoms with Gasteiger partial charge in [0, 0.05) is 43.0 Å². The summed E-state index contributed by atoms with van der Waals surface area (Å²) in [6.07, 6.45) is 0. The molecule has 0 saturated carbocycles. The van der Waals surface area contributed by atoms with Gasteiger partial charge in [0.25, 0.3) is 5.69 Å². The lowest BCUT2D eigenvalue weighted by atomic mass is 10.0. The molecule has 0 radical (unpaired) electrons. The summed E-state index contributed by atoms with van der Waals surface area (Å²) < 4.78 is 0. The average Bonchev–Trinajstić information content (AvgIpc) is 2.46. The van der Waals surface area contributed by atoms with Crippen LogP contribution in [-0.4, -0.2) is 24.8 Å². The lowest BCUT2D eigenvalue weighted by Gasteiger charge is -2.16. The molecule has 0 saturated heterocycles. The molecule has 20 heavy (non-hydrogen) atoms.